The second kappa shape index (κ2) is 6.08. The summed E-state index contributed by atoms with van der Waals surface area (Å²) in [4.78, 5) is 12.0. The molecule has 1 amide bonds. The van der Waals surface area contributed by atoms with Crippen molar-refractivity contribution in [2.45, 2.75) is 70.4 Å². The van der Waals surface area contributed by atoms with Crippen LogP contribution >= 0.6 is 0 Å². The molecular weight excluding hydrogens is 238 g/mol. The summed E-state index contributed by atoms with van der Waals surface area (Å²) in [7, 11) is 0. The zero-order valence-electron chi connectivity index (χ0n) is 12.3. The molecule has 2 unspecified atom stereocenters. The second-order valence-corrected chi connectivity index (χ2v) is 6.15. The molecule has 2 rings (SSSR count). The molecule has 2 atom stereocenters. The maximum absolute atomic E-state index is 12.0. The van der Waals surface area contributed by atoms with Crippen molar-refractivity contribution in [3.05, 3.63) is 12.2 Å². The van der Waals surface area contributed by atoms with E-state index in [1.807, 2.05) is 13.8 Å². The molecule has 0 aromatic rings. The Balaban J connectivity index is 2.08. The van der Waals surface area contributed by atoms with Gasteiger partial charge in [-0.3, -0.25) is 4.79 Å². The van der Waals surface area contributed by atoms with Gasteiger partial charge in [-0.15, -0.1) is 0 Å². The van der Waals surface area contributed by atoms with Crippen molar-refractivity contribution in [3.8, 4) is 0 Å². The molecule has 19 heavy (non-hydrogen) atoms. The predicted octanol–water partition coefficient (Wildman–Crippen LogP) is 3.20. The molecule has 1 aliphatic carbocycles. The Bertz CT molecular complexity index is 341. The van der Waals surface area contributed by atoms with Crippen LogP contribution in [0.5, 0.6) is 0 Å². The lowest BCUT2D eigenvalue weighted by Crippen LogP contribution is -2.51. The van der Waals surface area contributed by atoms with Crippen LogP contribution in [0.25, 0.3) is 0 Å². The minimum atomic E-state index is -0.272. The number of nitrogens with one attached hydrogen (secondary N) is 1. The first-order chi connectivity index (χ1) is 9.10. The van der Waals surface area contributed by atoms with E-state index in [9.17, 15) is 4.79 Å². The molecule has 1 aliphatic heterocycles. The summed E-state index contributed by atoms with van der Waals surface area (Å²) in [6.07, 6.45) is 7.78. The molecule has 0 spiro atoms. The Hall–Kier alpha value is -0.830. The molecule has 2 fully saturated rings. The Morgan fingerprint density at radius 1 is 1.42 bits per heavy atom. The summed E-state index contributed by atoms with van der Waals surface area (Å²) in [6.45, 7) is 8.86. The zero-order valence-corrected chi connectivity index (χ0v) is 12.3. The Labute approximate surface area is 116 Å². The predicted molar refractivity (Wildman–Crippen MR) is 76.9 cm³/mol. The fourth-order valence-electron chi connectivity index (χ4n) is 3.32. The molecular formula is C16H27NO2. The first kappa shape index (κ1) is 14.6. The van der Waals surface area contributed by atoms with Crippen LogP contribution in [0.15, 0.2) is 12.2 Å². The van der Waals surface area contributed by atoms with Gasteiger partial charge in [0.25, 0.3) is 0 Å². The quantitative estimate of drug-likeness (QED) is 0.592. The van der Waals surface area contributed by atoms with Gasteiger partial charge >= 0.3 is 0 Å². The van der Waals surface area contributed by atoms with E-state index in [1.54, 1.807) is 0 Å². The number of carbonyl (C=O) groups excluding carboxylic acids is 1. The van der Waals surface area contributed by atoms with Crippen LogP contribution in [-0.4, -0.2) is 24.2 Å². The highest BCUT2D eigenvalue weighted by Gasteiger charge is 2.55. The van der Waals surface area contributed by atoms with Crippen molar-refractivity contribution in [1.82, 2.24) is 5.32 Å². The molecule has 1 N–H and O–H groups in total. The summed E-state index contributed by atoms with van der Waals surface area (Å²) in [5.74, 6) is 0.711. The summed E-state index contributed by atoms with van der Waals surface area (Å²) in [5, 5.41) is 3.25. The Morgan fingerprint density at radius 2 is 2.05 bits per heavy atom. The normalized spacial score (nSPS) is 28.7. The third-order valence-corrected chi connectivity index (χ3v) is 4.59. The average molecular weight is 265 g/mol. The lowest BCUT2D eigenvalue weighted by Gasteiger charge is -2.35. The van der Waals surface area contributed by atoms with Gasteiger partial charge in [0.05, 0.1) is 12.6 Å². The van der Waals surface area contributed by atoms with Gasteiger partial charge in [0.2, 0.25) is 5.91 Å². The van der Waals surface area contributed by atoms with E-state index >= 15 is 0 Å². The van der Waals surface area contributed by atoms with Crippen molar-refractivity contribution in [1.29, 1.82) is 0 Å². The average Bonchev–Trinajstić information content (AvgIpc) is 3.19. The van der Waals surface area contributed by atoms with E-state index in [1.165, 1.54) is 32.1 Å². The lowest BCUT2D eigenvalue weighted by molar-refractivity contribution is -0.122. The van der Waals surface area contributed by atoms with Crippen molar-refractivity contribution < 1.29 is 9.53 Å². The third kappa shape index (κ3) is 3.19. The van der Waals surface area contributed by atoms with Crippen LogP contribution in [0.2, 0.25) is 0 Å². The lowest BCUT2D eigenvalue weighted by atomic mass is 9.76. The molecule has 0 aromatic carbocycles. The van der Waals surface area contributed by atoms with Crippen molar-refractivity contribution in [2.24, 2.45) is 5.92 Å². The van der Waals surface area contributed by atoms with Crippen LogP contribution in [-0.2, 0) is 9.53 Å². The summed E-state index contributed by atoms with van der Waals surface area (Å²) in [5.41, 5.74) is 0.783. The number of rotatable bonds is 6. The number of amides is 1. The van der Waals surface area contributed by atoms with Crippen LogP contribution in [0.1, 0.15) is 58.8 Å². The largest absolute Gasteiger partial charge is 0.363 e. The molecule has 0 radical (unpaired) electrons. The summed E-state index contributed by atoms with van der Waals surface area (Å²) in [6, 6.07) is 0.129. The zero-order chi connectivity index (χ0) is 13.9. The van der Waals surface area contributed by atoms with Gasteiger partial charge in [0.15, 0.2) is 0 Å². The standard InChI is InChI=1S/C16H27NO2/c1-4-8-14(18)17-15(13-9-6-5-7-10-13)16(11-19-16)12(2)3/h13,15H,2,4-11H2,1,3H3,(H,17,18). The number of hydrogen-bond donors (Lipinski definition) is 1. The molecule has 1 saturated heterocycles. The number of carbonyl (C=O) groups is 1. The maximum Gasteiger partial charge on any atom is 0.220 e. The highest BCUT2D eigenvalue weighted by atomic mass is 16.6. The molecule has 3 nitrogen and oxygen atoms in total. The van der Waals surface area contributed by atoms with Gasteiger partial charge in [-0.25, -0.2) is 0 Å². The summed E-state index contributed by atoms with van der Waals surface area (Å²) < 4.78 is 5.74. The van der Waals surface area contributed by atoms with Gasteiger partial charge in [-0.2, -0.15) is 0 Å². The van der Waals surface area contributed by atoms with Crippen LogP contribution in [0.4, 0.5) is 0 Å². The van der Waals surface area contributed by atoms with Gasteiger partial charge in [-0.1, -0.05) is 32.8 Å². The smallest absolute Gasteiger partial charge is 0.220 e. The maximum atomic E-state index is 12.0. The Morgan fingerprint density at radius 3 is 2.53 bits per heavy atom. The molecule has 0 bridgehead atoms. The molecule has 1 heterocycles. The first-order valence-electron chi connectivity index (χ1n) is 7.69. The SMILES string of the molecule is C=C(C)C1(C(NC(=O)CCC)C2CCCCC2)CO1. The minimum Gasteiger partial charge on any atom is -0.363 e. The number of hydrogen-bond acceptors (Lipinski definition) is 2. The molecule has 3 heteroatoms. The summed E-state index contributed by atoms with van der Waals surface area (Å²) >= 11 is 0. The number of ether oxygens (including phenoxy) is 1. The fourth-order valence-corrected chi connectivity index (χ4v) is 3.32. The van der Waals surface area contributed by atoms with E-state index in [0.29, 0.717) is 12.3 Å². The first-order valence-corrected chi connectivity index (χ1v) is 7.69. The Kier molecular flexibility index (Phi) is 4.67. The van der Waals surface area contributed by atoms with E-state index < -0.39 is 0 Å². The highest BCUT2D eigenvalue weighted by Crippen LogP contribution is 2.43. The van der Waals surface area contributed by atoms with E-state index in [-0.39, 0.29) is 17.6 Å². The molecule has 1 saturated carbocycles. The van der Waals surface area contributed by atoms with Gasteiger partial charge in [0, 0.05) is 6.42 Å². The van der Waals surface area contributed by atoms with E-state index in [2.05, 4.69) is 11.9 Å². The monoisotopic (exact) mass is 265 g/mol. The van der Waals surface area contributed by atoms with Crippen molar-refractivity contribution in [3.63, 3.8) is 0 Å². The molecule has 2 aliphatic rings. The third-order valence-electron chi connectivity index (χ3n) is 4.59. The van der Waals surface area contributed by atoms with Gasteiger partial charge < -0.3 is 10.1 Å². The van der Waals surface area contributed by atoms with Gasteiger partial charge in [0.1, 0.15) is 5.60 Å². The van der Waals surface area contributed by atoms with Crippen molar-refractivity contribution in [2.75, 3.05) is 6.61 Å². The van der Waals surface area contributed by atoms with E-state index in [4.69, 9.17) is 4.74 Å². The van der Waals surface area contributed by atoms with Gasteiger partial charge in [-0.05, 0) is 37.7 Å². The second-order valence-electron chi connectivity index (χ2n) is 6.15. The fraction of sp³-hybridized carbons (Fsp3) is 0.812. The molecule has 0 aromatic heterocycles. The number of epoxide rings is 1. The topological polar surface area (TPSA) is 41.6 Å². The van der Waals surface area contributed by atoms with Crippen LogP contribution in [0.3, 0.4) is 0 Å². The highest BCUT2D eigenvalue weighted by molar-refractivity contribution is 5.76. The van der Waals surface area contributed by atoms with Crippen molar-refractivity contribution >= 4 is 5.91 Å². The van der Waals surface area contributed by atoms with Crippen LogP contribution in [0, 0.1) is 5.92 Å². The van der Waals surface area contributed by atoms with Crippen LogP contribution < -0.4 is 5.32 Å². The van der Waals surface area contributed by atoms with E-state index in [0.717, 1.165) is 18.6 Å². The molecule has 108 valence electrons. The minimum absolute atomic E-state index is 0.129.